The molecule has 3 rings (SSSR count). The number of nitrogens with two attached hydrogens (primary N) is 1. The van der Waals surface area contributed by atoms with Crippen LogP contribution in [0.5, 0.6) is 5.75 Å². The molecule has 136 valence electrons. The molecule has 27 heavy (non-hydrogen) atoms. The van der Waals surface area contributed by atoms with Crippen LogP contribution in [0.25, 0.3) is 11.3 Å². The zero-order valence-corrected chi connectivity index (χ0v) is 15.1. The highest BCUT2D eigenvalue weighted by atomic mass is 16.5. The van der Waals surface area contributed by atoms with E-state index in [1.54, 1.807) is 18.3 Å². The number of rotatable bonds is 7. The van der Waals surface area contributed by atoms with Gasteiger partial charge in [0.1, 0.15) is 17.9 Å². The minimum Gasteiger partial charge on any atom is -0.484 e. The SMILES string of the molecule is CNCC[C@@H](Oc1ccc(-c2ccnc(N)n2)cc1C#N)c1ccccc1. The number of nitriles is 1. The van der Waals surface area contributed by atoms with Crippen molar-refractivity contribution in [3.05, 3.63) is 71.9 Å². The first-order chi connectivity index (χ1) is 13.2. The second kappa shape index (κ2) is 8.79. The number of aromatic nitrogens is 2. The molecule has 3 aromatic rings. The van der Waals surface area contributed by atoms with Crippen molar-refractivity contribution in [1.29, 1.82) is 5.26 Å². The highest BCUT2D eigenvalue weighted by Crippen LogP contribution is 2.30. The van der Waals surface area contributed by atoms with Gasteiger partial charge in [-0.3, -0.25) is 0 Å². The number of anilines is 1. The first-order valence-corrected chi connectivity index (χ1v) is 8.70. The maximum Gasteiger partial charge on any atom is 0.220 e. The fraction of sp³-hybridized carbons (Fsp3) is 0.190. The summed E-state index contributed by atoms with van der Waals surface area (Å²) in [5.74, 6) is 0.746. The Morgan fingerprint density at radius 2 is 2.00 bits per heavy atom. The molecule has 0 unspecified atom stereocenters. The van der Waals surface area contributed by atoms with E-state index in [0.29, 0.717) is 17.0 Å². The quantitative estimate of drug-likeness (QED) is 0.672. The normalized spacial score (nSPS) is 11.6. The number of nitrogens with one attached hydrogen (secondary N) is 1. The van der Waals surface area contributed by atoms with Crippen molar-refractivity contribution in [3.63, 3.8) is 0 Å². The summed E-state index contributed by atoms with van der Waals surface area (Å²) in [4.78, 5) is 8.10. The van der Waals surface area contributed by atoms with Crippen molar-refractivity contribution in [1.82, 2.24) is 15.3 Å². The van der Waals surface area contributed by atoms with E-state index in [0.717, 1.165) is 24.1 Å². The van der Waals surface area contributed by atoms with Crippen LogP contribution in [-0.2, 0) is 0 Å². The van der Waals surface area contributed by atoms with Crippen molar-refractivity contribution in [2.24, 2.45) is 0 Å². The predicted octanol–water partition coefficient (Wildman–Crippen LogP) is 3.33. The van der Waals surface area contributed by atoms with Crippen LogP contribution >= 0.6 is 0 Å². The number of ether oxygens (including phenoxy) is 1. The second-order valence-corrected chi connectivity index (χ2v) is 6.03. The number of hydrogen-bond donors (Lipinski definition) is 2. The lowest BCUT2D eigenvalue weighted by Gasteiger charge is -2.20. The summed E-state index contributed by atoms with van der Waals surface area (Å²) in [5.41, 5.74) is 8.64. The third-order valence-corrected chi connectivity index (χ3v) is 4.17. The molecular weight excluding hydrogens is 338 g/mol. The summed E-state index contributed by atoms with van der Waals surface area (Å²) >= 11 is 0. The van der Waals surface area contributed by atoms with E-state index in [1.165, 1.54) is 0 Å². The maximum absolute atomic E-state index is 9.60. The van der Waals surface area contributed by atoms with Gasteiger partial charge >= 0.3 is 0 Å². The van der Waals surface area contributed by atoms with Crippen LogP contribution in [0.4, 0.5) is 5.95 Å². The molecule has 0 bridgehead atoms. The Morgan fingerprint density at radius 3 is 2.70 bits per heavy atom. The molecule has 1 heterocycles. The van der Waals surface area contributed by atoms with Gasteiger partial charge in [0.05, 0.1) is 11.3 Å². The van der Waals surface area contributed by atoms with E-state index in [9.17, 15) is 5.26 Å². The molecule has 2 aromatic carbocycles. The Morgan fingerprint density at radius 1 is 1.19 bits per heavy atom. The monoisotopic (exact) mass is 359 g/mol. The van der Waals surface area contributed by atoms with Crippen molar-refractivity contribution < 1.29 is 4.74 Å². The van der Waals surface area contributed by atoms with Crippen molar-refractivity contribution >= 4 is 5.95 Å². The Kier molecular flexibility index (Phi) is 5.98. The first kappa shape index (κ1) is 18.4. The topological polar surface area (TPSA) is 96.8 Å². The standard InChI is InChI=1S/C21H21N5O/c1-24-11-10-20(15-5-3-2-4-6-15)27-19-8-7-16(13-17(19)14-22)18-9-12-25-21(23)26-18/h2-9,12-13,20,24H,10-11H2,1H3,(H2,23,25,26)/t20-/m1/s1. The molecule has 0 saturated carbocycles. The van der Waals surface area contributed by atoms with Gasteiger partial charge in [-0.2, -0.15) is 5.26 Å². The van der Waals surface area contributed by atoms with E-state index >= 15 is 0 Å². The zero-order chi connectivity index (χ0) is 19.1. The molecule has 0 amide bonds. The van der Waals surface area contributed by atoms with Gasteiger partial charge in [0.2, 0.25) is 5.95 Å². The summed E-state index contributed by atoms with van der Waals surface area (Å²) in [6.07, 6.45) is 2.23. The summed E-state index contributed by atoms with van der Waals surface area (Å²) in [6.45, 7) is 0.805. The Hall–Kier alpha value is -3.43. The van der Waals surface area contributed by atoms with Crippen LogP contribution in [0.1, 0.15) is 23.7 Å². The Bertz CT molecular complexity index is 937. The molecule has 1 atom stereocenters. The van der Waals surface area contributed by atoms with Crippen LogP contribution in [0.2, 0.25) is 0 Å². The molecular formula is C21H21N5O. The molecule has 0 spiro atoms. The van der Waals surface area contributed by atoms with Crippen LogP contribution in [0.3, 0.4) is 0 Å². The molecule has 0 aliphatic carbocycles. The fourth-order valence-electron chi connectivity index (χ4n) is 2.80. The lowest BCUT2D eigenvalue weighted by Crippen LogP contribution is -2.16. The second-order valence-electron chi connectivity index (χ2n) is 6.03. The molecule has 6 heteroatoms. The minimum absolute atomic E-state index is 0.147. The summed E-state index contributed by atoms with van der Waals surface area (Å²) in [6, 6.07) is 19.4. The fourth-order valence-corrected chi connectivity index (χ4v) is 2.80. The van der Waals surface area contributed by atoms with Gasteiger partial charge in [-0.1, -0.05) is 30.3 Å². The third kappa shape index (κ3) is 4.60. The van der Waals surface area contributed by atoms with Crippen molar-refractivity contribution in [2.45, 2.75) is 12.5 Å². The molecule has 0 radical (unpaired) electrons. The van der Waals surface area contributed by atoms with E-state index in [-0.39, 0.29) is 12.1 Å². The lowest BCUT2D eigenvalue weighted by atomic mass is 10.0. The number of nitrogen functional groups attached to an aromatic ring is 1. The van der Waals surface area contributed by atoms with Crippen LogP contribution in [0.15, 0.2) is 60.8 Å². The van der Waals surface area contributed by atoms with Gasteiger partial charge in [0.25, 0.3) is 0 Å². The zero-order valence-electron chi connectivity index (χ0n) is 15.1. The van der Waals surface area contributed by atoms with Crippen molar-refractivity contribution in [3.8, 4) is 23.1 Å². The molecule has 3 N–H and O–H groups in total. The average Bonchev–Trinajstić information content (AvgIpc) is 2.71. The van der Waals surface area contributed by atoms with Crippen molar-refractivity contribution in [2.75, 3.05) is 19.3 Å². The van der Waals surface area contributed by atoms with E-state index in [1.807, 2.05) is 49.5 Å². The van der Waals surface area contributed by atoms with E-state index in [2.05, 4.69) is 21.4 Å². The van der Waals surface area contributed by atoms with Gasteiger partial charge in [-0.05, 0) is 43.4 Å². The molecule has 1 aromatic heterocycles. The number of benzene rings is 2. The molecule has 0 aliphatic rings. The van der Waals surface area contributed by atoms with Gasteiger partial charge < -0.3 is 15.8 Å². The van der Waals surface area contributed by atoms with E-state index in [4.69, 9.17) is 10.5 Å². The molecule has 6 nitrogen and oxygen atoms in total. The molecule has 0 aliphatic heterocycles. The smallest absolute Gasteiger partial charge is 0.220 e. The van der Waals surface area contributed by atoms with Gasteiger partial charge in [0, 0.05) is 18.2 Å². The maximum atomic E-state index is 9.60. The van der Waals surface area contributed by atoms with Crippen LogP contribution in [0, 0.1) is 11.3 Å². The summed E-state index contributed by atoms with van der Waals surface area (Å²) in [7, 11) is 1.91. The number of nitrogens with zero attached hydrogens (tertiary/aromatic N) is 3. The highest BCUT2D eigenvalue weighted by molar-refractivity contribution is 5.64. The average molecular weight is 359 g/mol. The van der Waals surface area contributed by atoms with E-state index < -0.39 is 0 Å². The van der Waals surface area contributed by atoms with Gasteiger partial charge in [-0.25, -0.2) is 9.97 Å². The first-order valence-electron chi connectivity index (χ1n) is 8.70. The highest BCUT2D eigenvalue weighted by Gasteiger charge is 2.16. The number of hydrogen-bond acceptors (Lipinski definition) is 6. The predicted molar refractivity (Wildman–Crippen MR) is 105 cm³/mol. The minimum atomic E-state index is -0.147. The summed E-state index contributed by atoms with van der Waals surface area (Å²) < 4.78 is 6.22. The van der Waals surface area contributed by atoms with Gasteiger partial charge in [0.15, 0.2) is 0 Å². The van der Waals surface area contributed by atoms with Crippen LogP contribution < -0.4 is 15.8 Å². The lowest BCUT2D eigenvalue weighted by molar-refractivity contribution is 0.194. The van der Waals surface area contributed by atoms with Gasteiger partial charge in [-0.15, -0.1) is 0 Å². The Balaban J connectivity index is 1.90. The third-order valence-electron chi connectivity index (χ3n) is 4.17. The molecule has 0 fully saturated rings. The largest absolute Gasteiger partial charge is 0.484 e. The molecule has 0 saturated heterocycles. The summed E-state index contributed by atoms with van der Waals surface area (Å²) in [5, 5.41) is 12.8. The van der Waals surface area contributed by atoms with Crippen LogP contribution in [-0.4, -0.2) is 23.6 Å². The Labute approximate surface area is 158 Å².